The zero-order valence-electron chi connectivity index (χ0n) is 13.6. The van der Waals surface area contributed by atoms with Crippen LogP contribution >= 0.6 is 0 Å². The van der Waals surface area contributed by atoms with Gasteiger partial charge in [0.15, 0.2) is 0 Å². The van der Waals surface area contributed by atoms with Gasteiger partial charge in [-0.1, -0.05) is 31.0 Å². The topological polar surface area (TPSA) is 52.6 Å². The van der Waals surface area contributed by atoms with E-state index in [0.717, 1.165) is 37.9 Å². The van der Waals surface area contributed by atoms with Gasteiger partial charge in [0.1, 0.15) is 0 Å². The lowest BCUT2D eigenvalue weighted by Gasteiger charge is -2.29. The second-order valence-corrected chi connectivity index (χ2v) is 7.55. The first kappa shape index (κ1) is 15.0. The molecule has 3 aliphatic rings. The van der Waals surface area contributed by atoms with Crippen molar-refractivity contribution in [3.63, 3.8) is 0 Å². The molecule has 4 nitrogen and oxygen atoms in total. The van der Waals surface area contributed by atoms with Crippen LogP contribution in [0.2, 0.25) is 0 Å². The van der Waals surface area contributed by atoms with Gasteiger partial charge in [-0.05, 0) is 50.2 Å². The molecule has 124 valence electrons. The Morgan fingerprint density at radius 3 is 2.57 bits per heavy atom. The summed E-state index contributed by atoms with van der Waals surface area (Å²) in [5, 5.41) is 12.8. The molecule has 0 radical (unpaired) electrons. The smallest absolute Gasteiger partial charge is 0.322 e. The Morgan fingerprint density at radius 1 is 1.13 bits per heavy atom. The zero-order chi connectivity index (χ0) is 15.9. The Morgan fingerprint density at radius 2 is 1.83 bits per heavy atom. The van der Waals surface area contributed by atoms with E-state index in [0.29, 0.717) is 0 Å². The molecule has 23 heavy (non-hydrogen) atoms. The maximum absolute atomic E-state index is 12.9. The van der Waals surface area contributed by atoms with E-state index in [2.05, 4.69) is 23.5 Å². The summed E-state index contributed by atoms with van der Waals surface area (Å²) in [4.78, 5) is 14.8. The Bertz CT molecular complexity index is 587. The zero-order valence-corrected chi connectivity index (χ0v) is 13.6. The number of anilines is 1. The summed E-state index contributed by atoms with van der Waals surface area (Å²) in [7, 11) is 0. The first-order valence-electron chi connectivity index (χ1n) is 9.04. The van der Waals surface area contributed by atoms with Crippen LogP contribution in [0.4, 0.5) is 10.5 Å². The van der Waals surface area contributed by atoms with E-state index in [1.54, 1.807) is 0 Å². The number of benzene rings is 1. The van der Waals surface area contributed by atoms with E-state index in [9.17, 15) is 9.90 Å². The lowest BCUT2D eigenvalue weighted by molar-refractivity contribution is 0.118. The molecule has 0 unspecified atom stereocenters. The number of carbonyl (C=O) groups is 1. The summed E-state index contributed by atoms with van der Waals surface area (Å²) in [6, 6.07) is 8.69. The monoisotopic (exact) mass is 314 g/mol. The predicted octanol–water partition coefficient (Wildman–Crippen LogP) is 3.33. The van der Waals surface area contributed by atoms with Crippen molar-refractivity contribution in [1.29, 1.82) is 0 Å². The van der Waals surface area contributed by atoms with Crippen molar-refractivity contribution in [2.45, 2.75) is 68.9 Å². The van der Waals surface area contributed by atoms with Crippen LogP contribution in [0.5, 0.6) is 0 Å². The first-order valence-corrected chi connectivity index (χ1v) is 9.04. The molecule has 4 rings (SSSR count). The molecule has 1 aliphatic heterocycles. The first-order chi connectivity index (χ1) is 11.2. The molecule has 2 N–H and O–H groups in total. The molecular weight excluding hydrogens is 288 g/mol. The van der Waals surface area contributed by atoms with Crippen LogP contribution in [-0.2, 0) is 5.41 Å². The molecule has 0 saturated heterocycles. The average molecular weight is 314 g/mol. The van der Waals surface area contributed by atoms with Gasteiger partial charge in [0.25, 0.3) is 0 Å². The van der Waals surface area contributed by atoms with Crippen LogP contribution in [0.3, 0.4) is 0 Å². The van der Waals surface area contributed by atoms with E-state index in [1.165, 1.54) is 31.2 Å². The van der Waals surface area contributed by atoms with Crippen molar-refractivity contribution in [2.24, 2.45) is 0 Å². The maximum atomic E-state index is 12.9. The molecule has 1 heterocycles. The third kappa shape index (κ3) is 2.63. The van der Waals surface area contributed by atoms with Gasteiger partial charge in [0, 0.05) is 23.7 Å². The normalized spacial score (nSPS) is 28.8. The van der Waals surface area contributed by atoms with Crippen molar-refractivity contribution in [3.8, 4) is 0 Å². The number of urea groups is 1. The number of rotatable bonds is 1. The Balaban J connectivity index is 1.52. The lowest BCUT2D eigenvalue weighted by atomic mass is 9.81. The van der Waals surface area contributed by atoms with E-state index < -0.39 is 0 Å². The van der Waals surface area contributed by atoms with Crippen molar-refractivity contribution >= 4 is 11.7 Å². The van der Waals surface area contributed by atoms with Crippen LogP contribution in [0, 0.1) is 0 Å². The van der Waals surface area contributed by atoms with Gasteiger partial charge in [0.2, 0.25) is 0 Å². The largest absolute Gasteiger partial charge is 0.393 e. The Hall–Kier alpha value is -1.55. The molecular formula is C19H26N2O2. The SMILES string of the molecule is O=C(NC1CCC(O)CC1)N1CC2(CCCC2)c2ccccc21. The van der Waals surface area contributed by atoms with Gasteiger partial charge in [-0.2, -0.15) is 0 Å². The fraction of sp³-hybridized carbons (Fsp3) is 0.632. The van der Waals surface area contributed by atoms with E-state index in [4.69, 9.17) is 0 Å². The number of aliphatic hydroxyl groups is 1. The minimum absolute atomic E-state index is 0.0441. The number of nitrogens with zero attached hydrogens (tertiary/aromatic N) is 1. The third-order valence-electron chi connectivity index (χ3n) is 6.06. The molecule has 0 aromatic heterocycles. The van der Waals surface area contributed by atoms with Gasteiger partial charge in [-0.25, -0.2) is 4.79 Å². The minimum atomic E-state index is -0.183. The Labute approximate surface area is 137 Å². The highest BCUT2D eigenvalue weighted by Crippen LogP contribution is 2.50. The van der Waals surface area contributed by atoms with Crippen LogP contribution in [-0.4, -0.2) is 29.8 Å². The number of nitrogens with one attached hydrogen (secondary N) is 1. The van der Waals surface area contributed by atoms with Gasteiger partial charge >= 0.3 is 6.03 Å². The van der Waals surface area contributed by atoms with E-state index >= 15 is 0 Å². The van der Waals surface area contributed by atoms with Gasteiger partial charge in [0.05, 0.1) is 6.10 Å². The van der Waals surface area contributed by atoms with E-state index in [-0.39, 0.29) is 23.6 Å². The van der Waals surface area contributed by atoms with Crippen molar-refractivity contribution in [3.05, 3.63) is 29.8 Å². The summed E-state index contributed by atoms with van der Waals surface area (Å²) in [5.41, 5.74) is 2.66. The average Bonchev–Trinajstić information content (AvgIpc) is 3.17. The highest BCUT2D eigenvalue weighted by atomic mass is 16.3. The van der Waals surface area contributed by atoms with Gasteiger partial charge < -0.3 is 10.4 Å². The highest BCUT2D eigenvalue weighted by molar-refractivity contribution is 5.95. The fourth-order valence-corrected chi connectivity index (χ4v) is 4.76. The summed E-state index contributed by atoms with van der Waals surface area (Å²) in [6.07, 6.45) is 8.11. The van der Waals surface area contributed by atoms with Crippen LogP contribution in [0.25, 0.3) is 0 Å². The minimum Gasteiger partial charge on any atom is -0.393 e. The second kappa shape index (κ2) is 5.82. The number of fused-ring (bicyclic) bond motifs is 2. The number of hydrogen-bond donors (Lipinski definition) is 2. The highest BCUT2D eigenvalue weighted by Gasteiger charge is 2.46. The second-order valence-electron chi connectivity index (χ2n) is 7.55. The number of amides is 2. The lowest BCUT2D eigenvalue weighted by Crippen LogP contribution is -2.47. The standard InChI is InChI=1S/C19H26N2O2/c22-15-9-7-14(8-10-15)20-18(23)21-13-19(11-3-4-12-19)16-5-1-2-6-17(16)21/h1-2,5-6,14-15,22H,3-4,7-13H2,(H,20,23). The summed E-state index contributed by atoms with van der Waals surface area (Å²) >= 11 is 0. The Kier molecular flexibility index (Phi) is 3.80. The molecule has 2 amide bonds. The molecule has 1 aromatic rings. The molecule has 0 bridgehead atoms. The molecule has 2 fully saturated rings. The molecule has 1 aromatic carbocycles. The molecule has 2 saturated carbocycles. The predicted molar refractivity (Wildman–Crippen MR) is 90.7 cm³/mol. The molecule has 0 atom stereocenters. The number of hydrogen-bond acceptors (Lipinski definition) is 2. The number of aliphatic hydroxyl groups excluding tert-OH is 1. The third-order valence-corrected chi connectivity index (χ3v) is 6.06. The maximum Gasteiger partial charge on any atom is 0.322 e. The van der Waals surface area contributed by atoms with Crippen molar-refractivity contribution < 1.29 is 9.90 Å². The summed E-state index contributed by atoms with van der Waals surface area (Å²) in [6.45, 7) is 0.827. The van der Waals surface area contributed by atoms with Gasteiger partial charge in [-0.3, -0.25) is 4.90 Å². The number of carbonyl (C=O) groups excluding carboxylic acids is 1. The van der Waals surface area contributed by atoms with Crippen LogP contribution in [0.15, 0.2) is 24.3 Å². The quantitative estimate of drug-likeness (QED) is 0.835. The van der Waals surface area contributed by atoms with Gasteiger partial charge in [-0.15, -0.1) is 0 Å². The number of para-hydroxylation sites is 1. The van der Waals surface area contributed by atoms with Crippen molar-refractivity contribution in [1.82, 2.24) is 5.32 Å². The van der Waals surface area contributed by atoms with Crippen LogP contribution in [0.1, 0.15) is 56.9 Å². The van der Waals surface area contributed by atoms with Crippen molar-refractivity contribution in [2.75, 3.05) is 11.4 Å². The molecule has 2 aliphatic carbocycles. The summed E-state index contributed by atoms with van der Waals surface area (Å²) in [5.74, 6) is 0. The van der Waals surface area contributed by atoms with Crippen LogP contribution < -0.4 is 10.2 Å². The fourth-order valence-electron chi connectivity index (χ4n) is 4.76. The molecule has 1 spiro atoms. The van der Waals surface area contributed by atoms with E-state index in [1.807, 2.05) is 11.0 Å². The summed E-state index contributed by atoms with van der Waals surface area (Å²) < 4.78 is 0. The molecule has 4 heteroatoms.